The average Bonchev–Trinajstić information content (AvgIpc) is 2.91. The monoisotopic (exact) mass is 506 g/mol. The topological polar surface area (TPSA) is 107 Å². The second-order valence-electron chi connectivity index (χ2n) is 8.74. The van der Waals surface area contributed by atoms with E-state index in [4.69, 9.17) is 5.26 Å². The Morgan fingerprint density at radius 1 is 1.16 bits per heavy atom. The van der Waals surface area contributed by atoms with Gasteiger partial charge in [0.1, 0.15) is 28.9 Å². The van der Waals surface area contributed by atoms with Crippen molar-refractivity contribution in [3.63, 3.8) is 0 Å². The van der Waals surface area contributed by atoms with E-state index >= 15 is 0 Å². The van der Waals surface area contributed by atoms with Gasteiger partial charge in [0.15, 0.2) is 0 Å². The highest BCUT2D eigenvalue weighted by molar-refractivity contribution is 5.92. The molecular weight excluding hydrogens is 478 g/mol. The van der Waals surface area contributed by atoms with Gasteiger partial charge in [0, 0.05) is 20.1 Å². The van der Waals surface area contributed by atoms with Crippen molar-refractivity contribution in [1.29, 1.82) is 10.5 Å². The van der Waals surface area contributed by atoms with Crippen molar-refractivity contribution in [3.8, 4) is 12.1 Å². The maximum absolute atomic E-state index is 12.6. The van der Waals surface area contributed by atoms with E-state index in [0.717, 1.165) is 36.8 Å². The molecule has 8 nitrogen and oxygen atoms in total. The summed E-state index contributed by atoms with van der Waals surface area (Å²) in [6.07, 6.45) is 6.87. The average molecular weight is 507 g/mol. The zero-order chi connectivity index (χ0) is 26.9. The molecular formula is C27H28F2N6O2. The molecule has 1 saturated carbocycles. The largest absolute Gasteiger partial charge is 0.407 e. The standard InChI is InChI=1S/C18H19N5O.C9H9F2NO/c1-22(13-6-4-3-5-7-13)17-14(11-20)18(24)23(2)15-9-8-12(10-19)21-16(15)17;1-7-4-2-3-5-8(7)6-12-13-9(10)11/h8-9,13H,3-7H2,1-2H3;2-6,9H,1H3/b;12-6-. The quantitative estimate of drug-likeness (QED) is 0.355. The molecule has 0 atom stereocenters. The van der Waals surface area contributed by atoms with E-state index < -0.39 is 6.61 Å². The SMILES string of the molecule is CN(c1c(C#N)c(=O)n(C)c2ccc(C#N)nc12)C1CCCCC1.Cc1ccccc1/C=N\OC(F)F. The second kappa shape index (κ2) is 12.6. The molecule has 37 heavy (non-hydrogen) atoms. The zero-order valence-electron chi connectivity index (χ0n) is 21.0. The fraction of sp³-hybridized carbons (Fsp3) is 0.370. The Morgan fingerprint density at radius 3 is 2.49 bits per heavy atom. The maximum atomic E-state index is 12.6. The van der Waals surface area contributed by atoms with Crippen molar-refractivity contribution >= 4 is 22.9 Å². The predicted molar refractivity (Wildman–Crippen MR) is 138 cm³/mol. The second-order valence-corrected chi connectivity index (χ2v) is 8.74. The summed E-state index contributed by atoms with van der Waals surface area (Å²) in [4.78, 5) is 22.8. The van der Waals surface area contributed by atoms with Crippen LogP contribution in [0, 0.1) is 29.6 Å². The molecule has 2 heterocycles. The normalized spacial score (nSPS) is 13.6. The summed E-state index contributed by atoms with van der Waals surface area (Å²) in [7, 11) is 3.55. The number of oxime groups is 1. The van der Waals surface area contributed by atoms with Gasteiger partial charge < -0.3 is 14.3 Å². The minimum absolute atomic E-state index is 0.0978. The van der Waals surface area contributed by atoms with Crippen LogP contribution in [0.5, 0.6) is 0 Å². The van der Waals surface area contributed by atoms with Crippen LogP contribution in [-0.2, 0) is 11.9 Å². The highest BCUT2D eigenvalue weighted by Gasteiger charge is 2.25. The van der Waals surface area contributed by atoms with Gasteiger partial charge in [0.25, 0.3) is 5.56 Å². The lowest BCUT2D eigenvalue weighted by atomic mass is 9.93. The van der Waals surface area contributed by atoms with Crippen LogP contribution in [0.3, 0.4) is 0 Å². The molecule has 0 radical (unpaired) electrons. The number of nitrogens with zero attached hydrogens (tertiary/aromatic N) is 6. The molecule has 1 aromatic carbocycles. The number of aromatic nitrogens is 2. The molecule has 0 saturated heterocycles. The van der Waals surface area contributed by atoms with Gasteiger partial charge in [-0.3, -0.25) is 4.79 Å². The minimum Gasteiger partial charge on any atom is -0.369 e. The Balaban J connectivity index is 0.000000248. The first-order chi connectivity index (χ1) is 17.8. The summed E-state index contributed by atoms with van der Waals surface area (Å²) in [5.74, 6) is 0. The van der Waals surface area contributed by atoms with E-state index in [-0.39, 0.29) is 22.9 Å². The van der Waals surface area contributed by atoms with Crippen LogP contribution in [0.4, 0.5) is 14.5 Å². The molecule has 0 amide bonds. The third-order valence-corrected chi connectivity index (χ3v) is 6.44. The third-order valence-electron chi connectivity index (χ3n) is 6.44. The van der Waals surface area contributed by atoms with E-state index in [1.54, 1.807) is 31.3 Å². The Labute approximate surface area is 214 Å². The van der Waals surface area contributed by atoms with Crippen molar-refractivity contribution in [2.45, 2.75) is 51.7 Å². The van der Waals surface area contributed by atoms with Gasteiger partial charge in [-0.15, -0.1) is 0 Å². The molecule has 2 aromatic heterocycles. The van der Waals surface area contributed by atoms with Gasteiger partial charge in [0.2, 0.25) is 0 Å². The Kier molecular flexibility index (Phi) is 9.28. The fourth-order valence-electron chi connectivity index (χ4n) is 4.42. The van der Waals surface area contributed by atoms with Crippen molar-refractivity contribution in [1.82, 2.24) is 9.55 Å². The van der Waals surface area contributed by atoms with Crippen LogP contribution in [0.25, 0.3) is 11.0 Å². The van der Waals surface area contributed by atoms with Crippen LogP contribution in [0.2, 0.25) is 0 Å². The number of pyridine rings is 2. The molecule has 0 N–H and O–H groups in total. The zero-order valence-corrected chi connectivity index (χ0v) is 21.0. The lowest BCUT2D eigenvalue weighted by molar-refractivity contribution is -0.127. The van der Waals surface area contributed by atoms with Crippen molar-refractivity contribution in [3.05, 3.63) is 69.1 Å². The molecule has 1 aliphatic rings. The first-order valence-electron chi connectivity index (χ1n) is 11.9. The van der Waals surface area contributed by atoms with E-state index in [1.807, 2.05) is 37.1 Å². The van der Waals surface area contributed by atoms with Gasteiger partial charge in [-0.05, 0) is 43.0 Å². The van der Waals surface area contributed by atoms with E-state index in [2.05, 4.69) is 21.0 Å². The summed E-state index contributed by atoms with van der Waals surface area (Å²) in [6, 6.07) is 15.0. The molecule has 3 aromatic rings. The van der Waals surface area contributed by atoms with Crippen LogP contribution in [-0.4, -0.2) is 35.5 Å². The number of fused-ring (bicyclic) bond motifs is 1. The molecule has 0 bridgehead atoms. The van der Waals surface area contributed by atoms with Crippen LogP contribution in [0.1, 0.15) is 54.5 Å². The summed E-state index contributed by atoms with van der Waals surface area (Å²) in [5, 5.41) is 21.9. The van der Waals surface area contributed by atoms with Crippen molar-refractivity contribution < 1.29 is 13.6 Å². The van der Waals surface area contributed by atoms with Gasteiger partial charge in [-0.25, -0.2) is 4.98 Å². The van der Waals surface area contributed by atoms with Crippen LogP contribution >= 0.6 is 0 Å². The molecule has 1 aliphatic carbocycles. The lowest BCUT2D eigenvalue weighted by Crippen LogP contribution is -2.36. The maximum Gasteiger partial charge on any atom is 0.407 e. The Bertz CT molecular complexity index is 1420. The number of alkyl halides is 2. The number of nitriles is 2. The van der Waals surface area contributed by atoms with Gasteiger partial charge in [0.05, 0.1) is 17.4 Å². The highest BCUT2D eigenvalue weighted by Crippen LogP contribution is 2.32. The number of benzene rings is 1. The molecule has 0 aliphatic heterocycles. The van der Waals surface area contributed by atoms with Crippen LogP contribution in [0.15, 0.2) is 46.3 Å². The number of halogens is 2. The third kappa shape index (κ3) is 6.47. The first kappa shape index (κ1) is 27.3. The molecule has 192 valence electrons. The molecule has 1 fully saturated rings. The summed E-state index contributed by atoms with van der Waals surface area (Å²) < 4.78 is 24.4. The molecule has 0 unspecified atom stereocenters. The predicted octanol–water partition coefficient (Wildman–Crippen LogP) is 5.01. The number of hydrogen-bond donors (Lipinski definition) is 0. The number of anilines is 1. The Hall–Kier alpha value is -4.31. The van der Waals surface area contributed by atoms with Crippen molar-refractivity contribution in [2.24, 2.45) is 12.2 Å². The van der Waals surface area contributed by atoms with Gasteiger partial charge in [-0.2, -0.15) is 19.3 Å². The molecule has 0 spiro atoms. The van der Waals surface area contributed by atoms with Gasteiger partial charge >= 0.3 is 6.61 Å². The minimum atomic E-state index is -2.86. The summed E-state index contributed by atoms with van der Waals surface area (Å²) >= 11 is 0. The Morgan fingerprint density at radius 2 is 1.86 bits per heavy atom. The van der Waals surface area contributed by atoms with E-state index in [9.17, 15) is 18.8 Å². The lowest BCUT2D eigenvalue weighted by Gasteiger charge is -2.33. The number of rotatable bonds is 5. The van der Waals surface area contributed by atoms with E-state index in [1.165, 1.54) is 17.2 Å². The summed E-state index contributed by atoms with van der Waals surface area (Å²) in [6.45, 7) is -0.996. The fourth-order valence-corrected chi connectivity index (χ4v) is 4.42. The van der Waals surface area contributed by atoms with Gasteiger partial charge in [-0.1, -0.05) is 48.7 Å². The smallest absolute Gasteiger partial charge is 0.369 e. The highest BCUT2D eigenvalue weighted by atomic mass is 19.3. The number of aryl methyl sites for hydroxylation is 2. The molecule has 4 rings (SSSR count). The van der Waals surface area contributed by atoms with Crippen LogP contribution < -0.4 is 10.5 Å². The van der Waals surface area contributed by atoms with Crippen molar-refractivity contribution in [2.75, 3.05) is 11.9 Å². The molecule has 10 heteroatoms. The first-order valence-corrected chi connectivity index (χ1v) is 11.9. The number of hydrogen-bond acceptors (Lipinski definition) is 7. The van der Waals surface area contributed by atoms with E-state index in [0.29, 0.717) is 16.7 Å². The summed E-state index contributed by atoms with van der Waals surface area (Å²) in [5.41, 5.74) is 3.52.